The number of allylic oxidation sites excluding steroid dienone is 2. The van der Waals surface area contributed by atoms with E-state index in [9.17, 15) is 9.59 Å². The number of esters is 1. The van der Waals surface area contributed by atoms with Gasteiger partial charge in [-0.1, -0.05) is 43.4 Å². The summed E-state index contributed by atoms with van der Waals surface area (Å²) in [5.74, 6) is 5.09. The van der Waals surface area contributed by atoms with E-state index in [0.717, 1.165) is 42.6 Å². The molecule has 0 bridgehead atoms. The molecule has 34 heavy (non-hydrogen) atoms. The molecule has 8 heteroatoms. The number of benzene rings is 1. The van der Waals surface area contributed by atoms with Crippen molar-refractivity contribution < 1.29 is 14.3 Å². The van der Waals surface area contributed by atoms with E-state index in [1.807, 2.05) is 35.3 Å². The molecule has 8 nitrogen and oxygen atoms in total. The van der Waals surface area contributed by atoms with Crippen LogP contribution in [0.1, 0.15) is 62.4 Å². The SMILES string of the molecule is CCCN(CCC)C(=O)C1=CC2=CC=C(c3cccc(C(=O)OCC)c3)CC2NC(N=NN)C1. The molecule has 1 aliphatic carbocycles. The highest BCUT2D eigenvalue weighted by Gasteiger charge is 2.30. The molecule has 0 spiro atoms. The highest BCUT2D eigenvalue weighted by atomic mass is 16.5. The van der Waals surface area contributed by atoms with Crippen LogP contribution in [0.15, 0.2) is 64.0 Å². The van der Waals surface area contributed by atoms with Crippen molar-refractivity contribution in [3.8, 4) is 0 Å². The molecule has 0 radical (unpaired) electrons. The van der Waals surface area contributed by atoms with Crippen LogP contribution >= 0.6 is 0 Å². The third kappa shape index (κ3) is 6.20. The molecule has 3 N–H and O–H groups in total. The minimum atomic E-state index is -0.397. The van der Waals surface area contributed by atoms with Crippen molar-refractivity contribution in [1.29, 1.82) is 0 Å². The highest BCUT2D eigenvalue weighted by Crippen LogP contribution is 2.32. The summed E-state index contributed by atoms with van der Waals surface area (Å²) in [4.78, 5) is 27.4. The van der Waals surface area contributed by atoms with Crippen LogP contribution < -0.4 is 11.2 Å². The number of rotatable bonds is 9. The third-order valence-electron chi connectivity index (χ3n) is 5.95. The Morgan fingerprint density at radius 3 is 2.59 bits per heavy atom. The first-order chi connectivity index (χ1) is 16.5. The molecule has 0 saturated carbocycles. The zero-order valence-electron chi connectivity index (χ0n) is 20.3. The zero-order valence-corrected chi connectivity index (χ0v) is 20.3. The van der Waals surface area contributed by atoms with Crippen LogP contribution in [-0.2, 0) is 9.53 Å². The first-order valence-corrected chi connectivity index (χ1v) is 12.0. The van der Waals surface area contributed by atoms with E-state index in [1.54, 1.807) is 13.0 Å². The van der Waals surface area contributed by atoms with Gasteiger partial charge in [-0.05, 0) is 61.1 Å². The van der Waals surface area contributed by atoms with E-state index in [-0.39, 0.29) is 17.9 Å². The van der Waals surface area contributed by atoms with E-state index >= 15 is 0 Å². The second kappa shape index (κ2) is 12.3. The summed E-state index contributed by atoms with van der Waals surface area (Å²) in [7, 11) is 0. The molecule has 2 aliphatic rings. The number of hydrogen-bond acceptors (Lipinski definition) is 6. The number of fused-ring (bicyclic) bond motifs is 1. The fourth-order valence-corrected chi connectivity index (χ4v) is 4.42. The first kappa shape index (κ1) is 25.4. The Kier molecular flexibility index (Phi) is 9.16. The maximum absolute atomic E-state index is 13.3. The second-order valence-electron chi connectivity index (χ2n) is 8.50. The number of nitrogens with one attached hydrogen (secondary N) is 1. The van der Waals surface area contributed by atoms with Gasteiger partial charge in [-0.2, -0.15) is 5.11 Å². The minimum Gasteiger partial charge on any atom is -0.462 e. The summed E-state index contributed by atoms with van der Waals surface area (Å²) in [6.45, 7) is 7.73. The van der Waals surface area contributed by atoms with Crippen molar-refractivity contribution in [2.24, 2.45) is 16.2 Å². The van der Waals surface area contributed by atoms with Crippen LogP contribution in [0, 0.1) is 0 Å². The van der Waals surface area contributed by atoms with Crippen LogP contribution in [0.2, 0.25) is 0 Å². The standard InChI is InChI=1S/C26H35N5O3/c1-4-12-31(13-5-2)25(32)22-15-20-11-10-19(16-23(20)28-24(17-22)29-30-27)18-8-7-9-21(14-18)26(33)34-6-3/h7-11,14-15,23-24,28H,4-6,12-13,16-17H2,1-3H3,(H2,27,29). The fourth-order valence-electron chi connectivity index (χ4n) is 4.42. The molecule has 0 aromatic heterocycles. The van der Waals surface area contributed by atoms with Crippen LogP contribution in [0.3, 0.4) is 0 Å². The van der Waals surface area contributed by atoms with Crippen LogP contribution in [-0.4, -0.2) is 48.7 Å². The Bertz CT molecular complexity index is 1010. The number of nitrogens with zero attached hydrogens (tertiary/aromatic N) is 3. The lowest BCUT2D eigenvalue weighted by Gasteiger charge is -2.25. The Hall–Kier alpha value is -3.26. The molecule has 1 aliphatic heterocycles. The van der Waals surface area contributed by atoms with Gasteiger partial charge in [-0.15, -0.1) is 0 Å². The molecule has 1 amide bonds. The quantitative estimate of drug-likeness (QED) is 0.246. The average molecular weight is 466 g/mol. The smallest absolute Gasteiger partial charge is 0.338 e. The predicted octanol–water partition coefficient (Wildman–Crippen LogP) is 4.17. The Morgan fingerprint density at radius 1 is 1.15 bits per heavy atom. The van der Waals surface area contributed by atoms with E-state index < -0.39 is 6.17 Å². The topological polar surface area (TPSA) is 109 Å². The van der Waals surface area contributed by atoms with E-state index in [2.05, 4.69) is 35.6 Å². The van der Waals surface area contributed by atoms with Crippen molar-refractivity contribution in [3.05, 3.63) is 64.8 Å². The lowest BCUT2D eigenvalue weighted by molar-refractivity contribution is -0.127. The number of carbonyl (C=O) groups excluding carboxylic acids is 2. The summed E-state index contributed by atoms with van der Waals surface area (Å²) in [5.41, 5.74) is 4.30. The summed E-state index contributed by atoms with van der Waals surface area (Å²) in [5, 5.41) is 11.1. The van der Waals surface area contributed by atoms with Crippen molar-refractivity contribution in [2.45, 2.75) is 58.7 Å². The van der Waals surface area contributed by atoms with Crippen molar-refractivity contribution in [1.82, 2.24) is 10.2 Å². The second-order valence-corrected chi connectivity index (χ2v) is 8.50. The molecule has 1 heterocycles. The number of ether oxygens (including phenoxy) is 1. The average Bonchev–Trinajstić information content (AvgIpc) is 3.02. The lowest BCUT2D eigenvalue weighted by Crippen LogP contribution is -2.39. The Balaban J connectivity index is 1.93. The molecule has 0 fully saturated rings. The summed E-state index contributed by atoms with van der Waals surface area (Å²) in [6.07, 6.45) is 8.60. The maximum atomic E-state index is 13.3. The van der Waals surface area contributed by atoms with Gasteiger partial charge in [-0.3, -0.25) is 10.1 Å². The number of nitrogens with two attached hydrogens (primary N) is 1. The number of carbonyl (C=O) groups is 2. The largest absolute Gasteiger partial charge is 0.462 e. The number of hydrogen-bond donors (Lipinski definition) is 2. The fraction of sp³-hybridized carbons (Fsp3) is 0.462. The predicted molar refractivity (Wildman–Crippen MR) is 133 cm³/mol. The molecule has 3 rings (SSSR count). The molecule has 0 saturated heterocycles. The van der Waals surface area contributed by atoms with Gasteiger partial charge in [0.1, 0.15) is 6.17 Å². The van der Waals surface area contributed by atoms with E-state index in [4.69, 9.17) is 10.6 Å². The van der Waals surface area contributed by atoms with Gasteiger partial charge in [0.25, 0.3) is 0 Å². The van der Waals surface area contributed by atoms with Gasteiger partial charge in [0, 0.05) is 31.1 Å². The maximum Gasteiger partial charge on any atom is 0.338 e. The number of amides is 1. The molecule has 182 valence electrons. The van der Waals surface area contributed by atoms with Crippen molar-refractivity contribution in [2.75, 3.05) is 19.7 Å². The monoisotopic (exact) mass is 465 g/mol. The van der Waals surface area contributed by atoms with Gasteiger partial charge in [0.2, 0.25) is 5.91 Å². The molecule has 2 atom stereocenters. The van der Waals surface area contributed by atoms with Crippen LogP contribution in [0.5, 0.6) is 0 Å². The Morgan fingerprint density at radius 2 is 1.91 bits per heavy atom. The van der Waals surface area contributed by atoms with Crippen LogP contribution in [0.4, 0.5) is 0 Å². The van der Waals surface area contributed by atoms with E-state index in [0.29, 0.717) is 30.6 Å². The molecule has 2 unspecified atom stereocenters. The van der Waals surface area contributed by atoms with Crippen molar-refractivity contribution >= 4 is 17.4 Å². The lowest BCUT2D eigenvalue weighted by atomic mass is 9.88. The summed E-state index contributed by atoms with van der Waals surface area (Å²) < 4.78 is 5.14. The molecular weight excluding hydrogens is 430 g/mol. The van der Waals surface area contributed by atoms with E-state index in [1.165, 1.54) is 0 Å². The van der Waals surface area contributed by atoms with Gasteiger partial charge in [0.05, 0.1) is 12.2 Å². The molecule has 1 aromatic carbocycles. The summed E-state index contributed by atoms with van der Waals surface area (Å²) >= 11 is 0. The van der Waals surface area contributed by atoms with Gasteiger partial charge < -0.3 is 15.5 Å². The Labute approximate surface area is 201 Å². The minimum absolute atomic E-state index is 0.0428. The van der Waals surface area contributed by atoms with Crippen molar-refractivity contribution in [3.63, 3.8) is 0 Å². The highest BCUT2D eigenvalue weighted by molar-refractivity contribution is 5.94. The van der Waals surface area contributed by atoms with Gasteiger partial charge in [0.15, 0.2) is 0 Å². The molecule has 1 aromatic rings. The normalized spacial score (nSPS) is 20.0. The van der Waals surface area contributed by atoms with Crippen LogP contribution in [0.25, 0.3) is 5.57 Å². The van der Waals surface area contributed by atoms with Gasteiger partial charge in [-0.25, -0.2) is 4.79 Å². The summed E-state index contributed by atoms with van der Waals surface area (Å²) in [6, 6.07) is 7.40. The molecular formula is C26H35N5O3. The van der Waals surface area contributed by atoms with Gasteiger partial charge >= 0.3 is 5.97 Å². The zero-order chi connectivity index (χ0) is 24.5. The third-order valence-corrected chi connectivity index (χ3v) is 5.95. The first-order valence-electron chi connectivity index (χ1n) is 12.0.